The Kier molecular flexibility index (Phi) is 5.92. The van der Waals surface area contributed by atoms with E-state index < -0.39 is 0 Å². The molecule has 1 aliphatic rings. The molecular formula is C14H20Cl2N2O. The number of nitrogens with zero attached hydrogens (tertiary/aromatic N) is 1. The Labute approximate surface area is 124 Å². The smallest absolute Gasteiger partial charge is 0.0594 e. The van der Waals surface area contributed by atoms with Crippen LogP contribution in [0.4, 0.5) is 0 Å². The van der Waals surface area contributed by atoms with Gasteiger partial charge in [0.2, 0.25) is 0 Å². The zero-order valence-electron chi connectivity index (χ0n) is 11.2. The van der Waals surface area contributed by atoms with Gasteiger partial charge in [0.15, 0.2) is 0 Å². The first-order chi connectivity index (χ1) is 9.15. The molecule has 1 aliphatic heterocycles. The van der Waals surface area contributed by atoms with Gasteiger partial charge in [0.05, 0.1) is 13.2 Å². The van der Waals surface area contributed by atoms with Crippen molar-refractivity contribution in [3.8, 4) is 0 Å². The molecule has 1 aromatic carbocycles. The van der Waals surface area contributed by atoms with E-state index in [9.17, 15) is 0 Å². The van der Waals surface area contributed by atoms with Crippen LogP contribution in [0.25, 0.3) is 0 Å². The van der Waals surface area contributed by atoms with E-state index in [1.165, 1.54) is 0 Å². The number of halogens is 2. The summed E-state index contributed by atoms with van der Waals surface area (Å²) in [4.78, 5) is 2.42. The molecule has 1 atom stereocenters. The first kappa shape index (κ1) is 15.1. The third kappa shape index (κ3) is 4.93. The van der Waals surface area contributed by atoms with Crippen LogP contribution in [0.5, 0.6) is 0 Å². The Balaban J connectivity index is 1.79. The zero-order chi connectivity index (χ0) is 13.7. The summed E-state index contributed by atoms with van der Waals surface area (Å²) < 4.78 is 5.35. The van der Waals surface area contributed by atoms with Gasteiger partial charge in [-0.05, 0) is 30.7 Å². The van der Waals surface area contributed by atoms with E-state index in [0.717, 1.165) is 55.0 Å². The Hall–Kier alpha value is -0.320. The second kappa shape index (κ2) is 7.46. The molecule has 0 spiro atoms. The molecule has 1 unspecified atom stereocenters. The highest BCUT2D eigenvalue weighted by Gasteiger charge is 2.13. The second-order valence-electron chi connectivity index (χ2n) is 4.93. The molecule has 1 saturated heterocycles. The summed E-state index contributed by atoms with van der Waals surface area (Å²) in [5.74, 6) is 0. The lowest BCUT2D eigenvalue weighted by Gasteiger charge is -2.29. The van der Waals surface area contributed by atoms with Crippen molar-refractivity contribution in [2.75, 3.05) is 32.8 Å². The average Bonchev–Trinajstić information content (AvgIpc) is 2.41. The topological polar surface area (TPSA) is 24.5 Å². The van der Waals surface area contributed by atoms with E-state index in [1.54, 1.807) is 0 Å². The fraction of sp³-hybridized carbons (Fsp3) is 0.571. The highest BCUT2D eigenvalue weighted by Crippen LogP contribution is 2.20. The summed E-state index contributed by atoms with van der Waals surface area (Å²) >= 11 is 12.1. The van der Waals surface area contributed by atoms with Crippen molar-refractivity contribution in [2.24, 2.45) is 0 Å². The minimum Gasteiger partial charge on any atom is -0.379 e. The number of hydrogen-bond acceptors (Lipinski definition) is 3. The Morgan fingerprint density at radius 3 is 2.79 bits per heavy atom. The molecule has 106 valence electrons. The lowest BCUT2D eigenvalue weighted by molar-refractivity contribution is 0.0343. The first-order valence-electron chi connectivity index (χ1n) is 6.62. The van der Waals surface area contributed by atoms with Crippen LogP contribution in [0.3, 0.4) is 0 Å². The molecule has 0 saturated carbocycles. The van der Waals surface area contributed by atoms with E-state index in [2.05, 4.69) is 17.1 Å². The number of ether oxygens (including phenoxy) is 1. The van der Waals surface area contributed by atoms with Crippen molar-refractivity contribution in [1.82, 2.24) is 10.2 Å². The summed E-state index contributed by atoms with van der Waals surface area (Å²) in [6.45, 7) is 7.67. The summed E-state index contributed by atoms with van der Waals surface area (Å²) in [5.41, 5.74) is 1.04. The molecule has 2 rings (SSSR count). The minimum atomic E-state index is 0.410. The molecule has 1 fully saturated rings. The number of morpholine rings is 1. The number of benzene rings is 1. The van der Waals surface area contributed by atoms with E-state index in [4.69, 9.17) is 27.9 Å². The van der Waals surface area contributed by atoms with Gasteiger partial charge in [-0.15, -0.1) is 0 Å². The fourth-order valence-electron chi connectivity index (χ4n) is 2.20. The van der Waals surface area contributed by atoms with Gasteiger partial charge in [-0.1, -0.05) is 23.2 Å². The lowest BCUT2D eigenvalue weighted by atomic mass is 10.2. The molecule has 0 radical (unpaired) electrons. The maximum atomic E-state index is 6.15. The maximum absolute atomic E-state index is 6.15. The third-order valence-electron chi connectivity index (χ3n) is 3.28. The summed E-state index contributed by atoms with van der Waals surface area (Å²) in [6, 6.07) is 5.98. The fourth-order valence-corrected chi connectivity index (χ4v) is 2.58. The van der Waals surface area contributed by atoms with Crippen LogP contribution < -0.4 is 5.32 Å². The summed E-state index contributed by atoms with van der Waals surface area (Å²) in [5, 5.41) is 4.97. The lowest BCUT2D eigenvalue weighted by Crippen LogP contribution is -2.44. The molecular weight excluding hydrogens is 283 g/mol. The number of rotatable bonds is 5. The standard InChI is InChI=1S/C14H20Cl2N2O/c1-11(10-18-4-6-19-7-5-18)17-9-12-8-13(15)2-3-14(12)16/h2-3,8,11,17H,4-7,9-10H2,1H3. The molecule has 0 aromatic heterocycles. The molecule has 0 aliphatic carbocycles. The van der Waals surface area contributed by atoms with Crippen molar-refractivity contribution >= 4 is 23.2 Å². The molecule has 0 amide bonds. The van der Waals surface area contributed by atoms with Crippen LogP contribution in [0.2, 0.25) is 10.0 Å². The van der Waals surface area contributed by atoms with Crippen molar-refractivity contribution in [3.63, 3.8) is 0 Å². The van der Waals surface area contributed by atoms with Gasteiger partial charge in [0.25, 0.3) is 0 Å². The second-order valence-corrected chi connectivity index (χ2v) is 5.77. The van der Waals surface area contributed by atoms with Crippen LogP contribution in [0.15, 0.2) is 18.2 Å². The van der Waals surface area contributed by atoms with Crippen LogP contribution >= 0.6 is 23.2 Å². The largest absolute Gasteiger partial charge is 0.379 e. The zero-order valence-corrected chi connectivity index (χ0v) is 12.7. The summed E-state index contributed by atoms with van der Waals surface area (Å²) in [7, 11) is 0. The molecule has 3 nitrogen and oxygen atoms in total. The van der Waals surface area contributed by atoms with Gasteiger partial charge in [-0.25, -0.2) is 0 Å². The molecule has 1 aromatic rings. The van der Waals surface area contributed by atoms with Gasteiger partial charge in [-0.3, -0.25) is 4.90 Å². The average molecular weight is 303 g/mol. The van der Waals surface area contributed by atoms with Crippen LogP contribution in [-0.2, 0) is 11.3 Å². The maximum Gasteiger partial charge on any atom is 0.0594 e. The van der Waals surface area contributed by atoms with Crippen LogP contribution in [-0.4, -0.2) is 43.8 Å². The highest BCUT2D eigenvalue weighted by atomic mass is 35.5. The van der Waals surface area contributed by atoms with Gasteiger partial charge >= 0.3 is 0 Å². The molecule has 1 N–H and O–H groups in total. The Morgan fingerprint density at radius 2 is 2.05 bits per heavy atom. The van der Waals surface area contributed by atoms with E-state index in [-0.39, 0.29) is 0 Å². The van der Waals surface area contributed by atoms with Gasteiger partial charge < -0.3 is 10.1 Å². The normalized spacial score (nSPS) is 18.5. The van der Waals surface area contributed by atoms with Gasteiger partial charge in [0, 0.05) is 42.3 Å². The highest BCUT2D eigenvalue weighted by molar-refractivity contribution is 6.33. The monoisotopic (exact) mass is 302 g/mol. The van der Waals surface area contributed by atoms with Gasteiger partial charge in [-0.2, -0.15) is 0 Å². The van der Waals surface area contributed by atoms with Crippen molar-refractivity contribution in [2.45, 2.75) is 19.5 Å². The summed E-state index contributed by atoms with van der Waals surface area (Å²) in [6.07, 6.45) is 0. The number of hydrogen-bond donors (Lipinski definition) is 1. The molecule has 19 heavy (non-hydrogen) atoms. The SMILES string of the molecule is CC(CN1CCOCC1)NCc1cc(Cl)ccc1Cl. The molecule has 1 heterocycles. The van der Waals surface area contributed by atoms with E-state index in [0.29, 0.717) is 6.04 Å². The van der Waals surface area contributed by atoms with E-state index in [1.807, 2.05) is 18.2 Å². The van der Waals surface area contributed by atoms with E-state index >= 15 is 0 Å². The quantitative estimate of drug-likeness (QED) is 0.905. The van der Waals surface area contributed by atoms with Crippen molar-refractivity contribution in [3.05, 3.63) is 33.8 Å². The molecule has 0 bridgehead atoms. The Morgan fingerprint density at radius 1 is 1.32 bits per heavy atom. The Bertz CT molecular complexity index is 408. The first-order valence-corrected chi connectivity index (χ1v) is 7.38. The third-order valence-corrected chi connectivity index (χ3v) is 3.89. The predicted molar refractivity (Wildman–Crippen MR) is 80.0 cm³/mol. The number of nitrogens with one attached hydrogen (secondary N) is 1. The van der Waals surface area contributed by atoms with Crippen LogP contribution in [0.1, 0.15) is 12.5 Å². The van der Waals surface area contributed by atoms with Crippen molar-refractivity contribution in [1.29, 1.82) is 0 Å². The predicted octanol–water partition coefficient (Wildman–Crippen LogP) is 2.80. The van der Waals surface area contributed by atoms with Gasteiger partial charge in [0.1, 0.15) is 0 Å². The van der Waals surface area contributed by atoms with Crippen molar-refractivity contribution < 1.29 is 4.74 Å². The molecule has 5 heteroatoms. The minimum absolute atomic E-state index is 0.410. The van der Waals surface area contributed by atoms with Crippen LogP contribution in [0, 0.1) is 0 Å².